The van der Waals surface area contributed by atoms with Crippen molar-refractivity contribution in [3.05, 3.63) is 0 Å². The van der Waals surface area contributed by atoms with Gasteiger partial charge in [-0.2, -0.15) is 0 Å². The molecule has 0 aliphatic heterocycles. The first-order chi connectivity index (χ1) is 9.49. The lowest BCUT2D eigenvalue weighted by Crippen LogP contribution is -2.44. The summed E-state index contributed by atoms with van der Waals surface area (Å²) in [5.41, 5.74) is 5.78. The van der Waals surface area contributed by atoms with Gasteiger partial charge in [0.1, 0.15) is 0 Å². The summed E-state index contributed by atoms with van der Waals surface area (Å²) in [6, 6.07) is 0. The van der Waals surface area contributed by atoms with Gasteiger partial charge in [-0.3, -0.25) is 4.79 Å². The maximum Gasteiger partial charge on any atom is 0.227 e. The molecule has 0 aromatic heterocycles. The molecule has 0 aliphatic rings. The normalized spacial score (nSPS) is 13.0. The molecule has 0 saturated carbocycles. The first kappa shape index (κ1) is 19.4. The molecule has 0 aromatic rings. The van der Waals surface area contributed by atoms with Crippen LogP contribution in [0.5, 0.6) is 0 Å². The summed E-state index contributed by atoms with van der Waals surface area (Å²) < 4.78 is 0. The minimum Gasteiger partial charge on any atom is -0.341 e. The van der Waals surface area contributed by atoms with Crippen LogP contribution >= 0.6 is 0 Å². The smallest absolute Gasteiger partial charge is 0.227 e. The second kappa shape index (κ2) is 11.1. The van der Waals surface area contributed by atoms with Gasteiger partial charge in [-0.05, 0) is 25.4 Å². The number of hydrogen-bond donors (Lipinski definition) is 1. The molecule has 1 unspecified atom stereocenters. The Hall–Kier alpha value is -0.610. The van der Waals surface area contributed by atoms with Crippen LogP contribution in [0.2, 0.25) is 0 Å². The van der Waals surface area contributed by atoms with Crippen LogP contribution in [0.1, 0.15) is 47.5 Å². The molecule has 0 fully saturated rings. The topological polar surface area (TPSA) is 49.6 Å². The van der Waals surface area contributed by atoms with E-state index in [1.165, 1.54) is 0 Å². The highest BCUT2D eigenvalue weighted by atomic mass is 16.2. The zero-order valence-electron chi connectivity index (χ0n) is 14.2. The van der Waals surface area contributed by atoms with Gasteiger partial charge in [-0.25, -0.2) is 0 Å². The lowest BCUT2D eigenvalue weighted by molar-refractivity contribution is -0.136. The Morgan fingerprint density at radius 1 is 1.10 bits per heavy atom. The van der Waals surface area contributed by atoms with Crippen molar-refractivity contribution in [2.24, 2.45) is 17.6 Å². The molecule has 0 aliphatic carbocycles. The van der Waals surface area contributed by atoms with Gasteiger partial charge in [0.2, 0.25) is 5.91 Å². The van der Waals surface area contributed by atoms with Crippen LogP contribution in [0, 0.1) is 11.8 Å². The number of rotatable bonds is 11. The third-order valence-electron chi connectivity index (χ3n) is 3.75. The number of nitrogens with zero attached hydrogens (tertiary/aromatic N) is 2. The van der Waals surface area contributed by atoms with Crippen LogP contribution in [0.4, 0.5) is 0 Å². The molecule has 0 spiro atoms. The number of amides is 1. The van der Waals surface area contributed by atoms with Gasteiger partial charge in [0.15, 0.2) is 0 Å². The molecule has 120 valence electrons. The van der Waals surface area contributed by atoms with Crippen molar-refractivity contribution in [3.8, 4) is 0 Å². The van der Waals surface area contributed by atoms with Crippen LogP contribution in [0.25, 0.3) is 0 Å². The Labute approximate surface area is 125 Å². The van der Waals surface area contributed by atoms with Crippen LogP contribution in [-0.2, 0) is 4.79 Å². The molecular weight excluding hydrogens is 250 g/mol. The first-order valence-electron chi connectivity index (χ1n) is 8.21. The molecule has 0 rings (SSSR count). The fourth-order valence-electron chi connectivity index (χ4n) is 2.48. The lowest BCUT2D eigenvalue weighted by atomic mass is 10.0. The minimum absolute atomic E-state index is 0.00421. The Bertz CT molecular complexity index is 252. The monoisotopic (exact) mass is 285 g/mol. The Morgan fingerprint density at radius 3 is 2.10 bits per heavy atom. The molecule has 2 N–H and O–H groups in total. The van der Waals surface area contributed by atoms with E-state index in [9.17, 15) is 4.79 Å². The molecule has 1 atom stereocenters. The molecule has 0 bridgehead atoms. The second-order valence-electron chi connectivity index (χ2n) is 5.93. The van der Waals surface area contributed by atoms with Gasteiger partial charge >= 0.3 is 0 Å². The van der Waals surface area contributed by atoms with Crippen LogP contribution < -0.4 is 5.73 Å². The average Bonchev–Trinajstić information content (AvgIpc) is 2.43. The number of carbonyl (C=O) groups is 1. The van der Waals surface area contributed by atoms with Crippen molar-refractivity contribution in [2.45, 2.75) is 47.5 Å². The molecule has 0 radical (unpaired) electrons. The average molecular weight is 285 g/mol. The van der Waals surface area contributed by atoms with Crippen molar-refractivity contribution in [2.75, 3.05) is 39.3 Å². The largest absolute Gasteiger partial charge is 0.341 e. The number of likely N-dealkylation sites (N-methyl/N-ethyl adjacent to an activating group) is 1. The van der Waals surface area contributed by atoms with Crippen molar-refractivity contribution in [1.29, 1.82) is 0 Å². The van der Waals surface area contributed by atoms with Gasteiger partial charge < -0.3 is 15.5 Å². The molecule has 20 heavy (non-hydrogen) atoms. The van der Waals surface area contributed by atoms with Gasteiger partial charge in [0.05, 0.1) is 5.92 Å². The van der Waals surface area contributed by atoms with Crippen LogP contribution in [0.15, 0.2) is 0 Å². The van der Waals surface area contributed by atoms with Crippen molar-refractivity contribution < 1.29 is 4.79 Å². The number of nitrogens with two attached hydrogens (primary N) is 1. The quantitative estimate of drug-likeness (QED) is 0.633. The van der Waals surface area contributed by atoms with Crippen molar-refractivity contribution >= 4 is 5.91 Å². The Balaban J connectivity index is 4.63. The molecule has 4 nitrogen and oxygen atoms in total. The van der Waals surface area contributed by atoms with Crippen molar-refractivity contribution in [1.82, 2.24) is 9.80 Å². The standard InChI is InChI=1S/C16H35N3O/c1-6-9-15(12-17)16(20)19(13-14(4)5)11-10-18(7-2)8-3/h14-15H,6-13,17H2,1-5H3. The summed E-state index contributed by atoms with van der Waals surface area (Å²) in [6.45, 7) is 15.9. The van der Waals surface area contributed by atoms with E-state index < -0.39 is 0 Å². The van der Waals surface area contributed by atoms with E-state index in [1.54, 1.807) is 0 Å². The highest BCUT2D eigenvalue weighted by Crippen LogP contribution is 2.11. The molecule has 0 saturated heterocycles. The number of hydrogen-bond acceptors (Lipinski definition) is 3. The van der Waals surface area contributed by atoms with E-state index in [0.29, 0.717) is 12.5 Å². The highest BCUT2D eigenvalue weighted by Gasteiger charge is 2.23. The Morgan fingerprint density at radius 2 is 1.70 bits per heavy atom. The summed E-state index contributed by atoms with van der Waals surface area (Å²) in [4.78, 5) is 17.0. The molecule has 1 amide bonds. The highest BCUT2D eigenvalue weighted by molar-refractivity contribution is 5.79. The maximum atomic E-state index is 12.6. The third kappa shape index (κ3) is 7.25. The SMILES string of the molecule is CCCC(CN)C(=O)N(CCN(CC)CC)CC(C)C. The zero-order chi connectivity index (χ0) is 15.5. The summed E-state index contributed by atoms with van der Waals surface area (Å²) in [7, 11) is 0. The summed E-state index contributed by atoms with van der Waals surface area (Å²) >= 11 is 0. The fraction of sp³-hybridized carbons (Fsp3) is 0.938. The summed E-state index contributed by atoms with van der Waals surface area (Å²) in [5, 5.41) is 0. The van der Waals surface area contributed by atoms with E-state index in [-0.39, 0.29) is 11.8 Å². The predicted octanol–water partition coefficient (Wildman–Crippen LogP) is 2.19. The second-order valence-corrected chi connectivity index (χ2v) is 5.93. The summed E-state index contributed by atoms with van der Waals surface area (Å²) in [6.07, 6.45) is 1.91. The van der Waals surface area contributed by atoms with Gasteiger partial charge in [-0.15, -0.1) is 0 Å². The van der Waals surface area contributed by atoms with E-state index in [4.69, 9.17) is 5.73 Å². The molecule has 0 heterocycles. The summed E-state index contributed by atoms with van der Waals surface area (Å²) in [5.74, 6) is 0.737. The van der Waals surface area contributed by atoms with Crippen molar-refractivity contribution in [3.63, 3.8) is 0 Å². The predicted molar refractivity (Wildman–Crippen MR) is 86.7 cm³/mol. The van der Waals surface area contributed by atoms with E-state index in [1.807, 2.05) is 4.90 Å². The fourth-order valence-corrected chi connectivity index (χ4v) is 2.48. The first-order valence-corrected chi connectivity index (χ1v) is 8.21. The lowest BCUT2D eigenvalue weighted by Gasteiger charge is -2.30. The zero-order valence-corrected chi connectivity index (χ0v) is 14.2. The third-order valence-corrected chi connectivity index (χ3v) is 3.75. The van der Waals surface area contributed by atoms with E-state index in [0.717, 1.165) is 45.6 Å². The van der Waals surface area contributed by atoms with Gasteiger partial charge in [0.25, 0.3) is 0 Å². The maximum absolute atomic E-state index is 12.6. The van der Waals surface area contributed by atoms with Gasteiger partial charge in [0, 0.05) is 26.2 Å². The van der Waals surface area contributed by atoms with Gasteiger partial charge in [-0.1, -0.05) is 41.0 Å². The van der Waals surface area contributed by atoms with E-state index >= 15 is 0 Å². The van der Waals surface area contributed by atoms with E-state index in [2.05, 4.69) is 39.5 Å². The van der Waals surface area contributed by atoms with Crippen LogP contribution in [-0.4, -0.2) is 55.0 Å². The number of carbonyl (C=O) groups excluding carboxylic acids is 1. The Kier molecular flexibility index (Phi) is 10.8. The molecule has 4 heteroatoms. The minimum atomic E-state index is -0.00421. The van der Waals surface area contributed by atoms with Crippen LogP contribution in [0.3, 0.4) is 0 Å². The molecule has 0 aromatic carbocycles. The molecular formula is C16H35N3O.